The van der Waals surface area contributed by atoms with Crippen molar-refractivity contribution >= 4 is 11.4 Å². The lowest BCUT2D eigenvalue weighted by molar-refractivity contribution is 0.312. The molecule has 1 aromatic carbocycles. The molecule has 1 aromatic rings. The molecule has 3 rings (SSSR count). The molecule has 2 saturated heterocycles. The third-order valence-corrected chi connectivity index (χ3v) is 4.23. The van der Waals surface area contributed by atoms with E-state index in [4.69, 9.17) is 0 Å². The van der Waals surface area contributed by atoms with Crippen LogP contribution >= 0.6 is 0 Å². The molecule has 104 valence electrons. The van der Waals surface area contributed by atoms with Gasteiger partial charge in [0, 0.05) is 39.3 Å². The third kappa shape index (κ3) is 2.54. The van der Waals surface area contributed by atoms with Gasteiger partial charge in [-0.25, -0.2) is 4.39 Å². The molecular formula is C15H22FN3. The second kappa shape index (κ2) is 5.37. The number of rotatable bonds is 2. The second-order valence-corrected chi connectivity index (χ2v) is 5.59. The van der Waals surface area contributed by atoms with Crippen molar-refractivity contribution in [3.8, 4) is 0 Å². The zero-order chi connectivity index (χ0) is 13.2. The van der Waals surface area contributed by atoms with E-state index < -0.39 is 0 Å². The predicted molar refractivity (Wildman–Crippen MR) is 77.6 cm³/mol. The van der Waals surface area contributed by atoms with Gasteiger partial charge in [0.2, 0.25) is 0 Å². The van der Waals surface area contributed by atoms with Crippen molar-refractivity contribution in [2.45, 2.75) is 12.8 Å². The SMILES string of the molecule is CN1CCN(c2c(F)cccc2N2CCCC2)CC1. The Morgan fingerprint density at radius 1 is 0.895 bits per heavy atom. The largest absolute Gasteiger partial charge is 0.370 e. The molecule has 0 atom stereocenters. The monoisotopic (exact) mass is 263 g/mol. The van der Waals surface area contributed by atoms with Gasteiger partial charge in [0.15, 0.2) is 0 Å². The minimum Gasteiger partial charge on any atom is -0.370 e. The molecule has 19 heavy (non-hydrogen) atoms. The Labute approximate surface area is 114 Å². The number of piperazine rings is 1. The standard InChI is InChI=1S/C15H22FN3/c1-17-9-11-19(12-10-17)15-13(16)5-4-6-14(15)18-7-2-3-8-18/h4-6H,2-3,7-12H2,1H3. The van der Waals surface area contributed by atoms with Crippen LogP contribution in [0.5, 0.6) is 0 Å². The van der Waals surface area contributed by atoms with E-state index in [1.807, 2.05) is 6.07 Å². The summed E-state index contributed by atoms with van der Waals surface area (Å²) in [5, 5.41) is 0. The molecule has 0 aromatic heterocycles. The molecule has 0 spiro atoms. The molecule has 0 N–H and O–H groups in total. The highest BCUT2D eigenvalue weighted by molar-refractivity contribution is 5.72. The molecule has 3 nitrogen and oxygen atoms in total. The summed E-state index contributed by atoms with van der Waals surface area (Å²) in [5.74, 6) is -0.0750. The van der Waals surface area contributed by atoms with E-state index >= 15 is 0 Å². The van der Waals surface area contributed by atoms with Gasteiger partial charge in [0.05, 0.1) is 11.4 Å². The summed E-state index contributed by atoms with van der Waals surface area (Å²) in [6.07, 6.45) is 2.44. The Hall–Kier alpha value is -1.29. The number of hydrogen-bond acceptors (Lipinski definition) is 3. The van der Waals surface area contributed by atoms with Gasteiger partial charge < -0.3 is 14.7 Å². The Balaban J connectivity index is 1.90. The molecule has 2 aliphatic heterocycles. The Morgan fingerprint density at radius 3 is 2.26 bits per heavy atom. The summed E-state index contributed by atoms with van der Waals surface area (Å²) in [6, 6.07) is 5.50. The summed E-state index contributed by atoms with van der Waals surface area (Å²) in [5.41, 5.74) is 1.90. The van der Waals surface area contributed by atoms with Crippen molar-refractivity contribution in [1.29, 1.82) is 0 Å². The lowest BCUT2D eigenvalue weighted by atomic mass is 10.2. The maximum atomic E-state index is 14.3. The zero-order valence-corrected chi connectivity index (χ0v) is 11.6. The number of benzene rings is 1. The molecule has 2 fully saturated rings. The smallest absolute Gasteiger partial charge is 0.148 e. The molecule has 0 bridgehead atoms. The Morgan fingerprint density at radius 2 is 1.58 bits per heavy atom. The van der Waals surface area contributed by atoms with Crippen LogP contribution < -0.4 is 9.80 Å². The quantitative estimate of drug-likeness (QED) is 0.810. The van der Waals surface area contributed by atoms with Crippen LogP contribution in [0.2, 0.25) is 0 Å². The normalized spacial score (nSPS) is 21.2. The summed E-state index contributed by atoms with van der Waals surface area (Å²) in [6.45, 7) is 5.96. The molecule has 4 heteroatoms. The van der Waals surface area contributed by atoms with Gasteiger partial charge >= 0.3 is 0 Å². The molecular weight excluding hydrogens is 241 g/mol. The van der Waals surface area contributed by atoms with Gasteiger partial charge in [-0.2, -0.15) is 0 Å². The molecule has 0 radical (unpaired) electrons. The van der Waals surface area contributed by atoms with Crippen molar-refractivity contribution in [2.24, 2.45) is 0 Å². The van der Waals surface area contributed by atoms with Crippen LogP contribution in [-0.4, -0.2) is 51.2 Å². The van der Waals surface area contributed by atoms with Crippen LogP contribution in [0.25, 0.3) is 0 Å². The van der Waals surface area contributed by atoms with E-state index in [0.717, 1.165) is 50.6 Å². The van der Waals surface area contributed by atoms with Gasteiger partial charge in [0.25, 0.3) is 0 Å². The van der Waals surface area contributed by atoms with E-state index in [0.29, 0.717) is 0 Å². The maximum absolute atomic E-state index is 14.3. The highest BCUT2D eigenvalue weighted by atomic mass is 19.1. The number of likely N-dealkylation sites (N-methyl/N-ethyl adjacent to an activating group) is 1. The first-order valence-corrected chi connectivity index (χ1v) is 7.22. The van der Waals surface area contributed by atoms with E-state index in [-0.39, 0.29) is 5.82 Å². The minimum atomic E-state index is -0.0750. The third-order valence-electron chi connectivity index (χ3n) is 4.23. The first kappa shape index (κ1) is 12.7. The number of para-hydroxylation sites is 1. The molecule has 0 unspecified atom stereocenters. The van der Waals surface area contributed by atoms with Gasteiger partial charge in [-0.3, -0.25) is 0 Å². The number of halogens is 1. The number of nitrogens with zero attached hydrogens (tertiary/aromatic N) is 3. The Bertz CT molecular complexity index is 435. The maximum Gasteiger partial charge on any atom is 0.148 e. The zero-order valence-electron chi connectivity index (χ0n) is 11.6. The van der Waals surface area contributed by atoms with E-state index in [1.165, 1.54) is 12.8 Å². The van der Waals surface area contributed by atoms with Gasteiger partial charge in [-0.05, 0) is 32.0 Å². The van der Waals surface area contributed by atoms with Crippen molar-refractivity contribution in [1.82, 2.24) is 4.90 Å². The first-order chi connectivity index (χ1) is 9.25. The summed E-state index contributed by atoms with van der Waals surface area (Å²) in [7, 11) is 2.13. The predicted octanol–water partition coefficient (Wildman–Crippen LogP) is 2.18. The lowest BCUT2D eigenvalue weighted by Gasteiger charge is -2.36. The average Bonchev–Trinajstić information content (AvgIpc) is 2.94. The highest BCUT2D eigenvalue weighted by Crippen LogP contribution is 2.34. The summed E-state index contributed by atoms with van der Waals surface area (Å²) >= 11 is 0. The minimum absolute atomic E-state index is 0.0750. The van der Waals surface area contributed by atoms with E-state index in [2.05, 4.69) is 27.8 Å². The fourth-order valence-electron chi connectivity index (χ4n) is 3.06. The fourth-order valence-corrected chi connectivity index (χ4v) is 3.06. The molecule has 2 heterocycles. The van der Waals surface area contributed by atoms with Crippen LogP contribution in [0, 0.1) is 5.82 Å². The van der Waals surface area contributed by atoms with Crippen LogP contribution in [0.4, 0.5) is 15.8 Å². The van der Waals surface area contributed by atoms with E-state index in [9.17, 15) is 4.39 Å². The lowest BCUT2D eigenvalue weighted by Crippen LogP contribution is -2.45. The topological polar surface area (TPSA) is 9.72 Å². The summed E-state index contributed by atoms with van der Waals surface area (Å²) < 4.78 is 14.3. The molecule has 0 amide bonds. The fraction of sp³-hybridized carbons (Fsp3) is 0.600. The van der Waals surface area contributed by atoms with Crippen molar-refractivity contribution < 1.29 is 4.39 Å². The van der Waals surface area contributed by atoms with Gasteiger partial charge in [-0.1, -0.05) is 6.07 Å². The van der Waals surface area contributed by atoms with Gasteiger partial charge in [0.1, 0.15) is 5.82 Å². The molecule has 0 saturated carbocycles. The first-order valence-electron chi connectivity index (χ1n) is 7.22. The van der Waals surface area contributed by atoms with Crippen molar-refractivity contribution in [3.05, 3.63) is 24.0 Å². The van der Waals surface area contributed by atoms with Crippen molar-refractivity contribution in [3.63, 3.8) is 0 Å². The Kier molecular flexibility index (Phi) is 3.60. The van der Waals surface area contributed by atoms with Crippen molar-refractivity contribution in [2.75, 3.05) is 56.1 Å². The molecule has 0 aliphatic carbocycles. The van der Waals surface area contributed by atoms with Crippen LogP contribution in [-0.2, 0) is 0 Å². The second-order valence-electron chi connectivity index (χ2n) is 5.59. The van der Waals surface area contributed by atoms with Gasteiger partial charge in [-0.15, -0.1) is 0 Å². The van der Waals surface area contributed by atoms with Crippen LogP contribution in [0.3, 0.4) is 0 Å². The number of anilines is 2. The number of hydrogen-bond donors (Lipinski definition) is 0. The van der Waals surface area contributed by atoms with Crippen LogP contribution in [0.15, 0.2) is 18.2 Å². The van der Waals surface area contributed by atoms with E-state index in [1.54, 1.807) is 6.07 Å². The average molecular weight is 263 g/mol. The summed E-state index contributed by atoms with van der Waals surface area (Å²) in [4.78, 5) is 6.84. The van der Waals surface area contributed by atoms with Crippen LogP contribution in [0.1, 0.15) is 12.8 Å². The molecule has 2 aliphatic rings. The highest BCUT2D eigenvalue weighted by Gasteiger charge is 2.24.